The number of aldehydes is 1. The molecule has 1 rings (SSSR count). The van der Waals surface area contributed by atoms with Crippen LogP contribution in [0.3, 0.4) is 0 Å². The van der Waals surface area contributed by atoms with Gasteiger partial charge in [-0.05, 0) is 13.3 Å². The van der Waals surface area contributed by atoms with Gasteiger partial charge in [0.1, 0.15) is 6.29 Å². The topological polar surface area (TPSA) is 108 Å². The van der Waals surface area contributed by atoms with Gasteiger partial charge in [0, 0.05) is 32.5 Å². The highest BCUT2D eigenvalue weighted by Gasteiger charge is 2.09. The van der Waals surface area contributed by atoms with E-state index in [0.29, 0.717) is 18.5 Å². The smallest absolute Gasteiger partial charge is 0.318 e. The van der Waals surface area contributed by atoms with Crippen molar-refractivity contribution in [2.75, 3.05) is 27.4 Å². The van der Waals surface area contributed by atoms with Gasteiger partial charge < -0.3 is 25.6 Å². The average Bonchev–Trinajstić information content (AvgIpc) is 2.89. The van der Waals surface area contributed by atoms with Gasteiger partial charge in [-0.3, -0.25) is 4.79 Å². The van der Waals surface area contributed by atoms with Crippen LogP contribution in [0.5, 0.6) is 0 Å². The van der Waals surface area contributed by atoms with Gasteiger partial charge in [-0.1, -0.05) is 0 Å². The highest BCUT2D eigenvalue weighted by molar-refractivity contribution is 5.77. The van der Waals surface area contributed by atoms with Crippen LogP contribution in [0.1, 0.15) is 13.3 Å². The van der Waals surface area contributed by atoms with Crippen LogP contribution in [0.2, 0.25) is 0 Å². The summed E-state index contributed by atoms with van der Waals surface area (Å²) >= 11 is 0. The first kappa shape index (κ1) is 18.9. The molecular formula is C11H22N2O5. The first-order valence-electron chi connectivity index (χ1n) is 5.41. The number of hydrogen-bond acceptors (Lipinski definition) is 5. The molecule has 7 nitrogen and oxygen atoms in total. The van der Waals surface area contributed by atoms with Gasteiger partial charge in [-0.2, -0.15) is 0 Å². The second kappa shape index (κ2) is 13.6. The van der Waals surface area contributed by atoms with Gasteiger partial charge in [0.15, 0.2) is 0 Å². The molecule has 0 radical (unpaired) electrons. The lowest BCUT2D eigenvalue weighted by Crippen LogP contribution is -2.28. The summed E-state index contributed by atoms with van der Waals surface area (Å²) in [5, 5.41) is 20.3. The minimum absolute atomic E-state index is 0.176. The minimum atomic E-state index is -0.332. The number of aliphatic hydroxyl groups is 2. The Morgan fingerprint density at radius 2 is 2.06 bits per heavy atom. The Bertz CT molecular complexity index is 250. The monoisotopic (exact) mass is 262 g/mol. The van der Waals surface area contributed by atoms with Crippen molar-refractivity contribution in [2.24, 2.45) is 0 Å². The molecule has 0 bridgehead atoms. The zero-order chi connectivity index (χ0) is 14.4. The van der Waals surface area contributed by atoms with Crippen LogP contribution in [0.15, 0.2) is 11.8 Å². The molecule has 1 saturated heterocycles. The maximum absolute atomic E-state index is 10.4. The zero-order valence-electron chi connectivity index (χ0n) is 11.0. The molecule has 1 atom stereocenters. The molecule has 1 aliphatic rings. The predicted octanol–water partition coefficient (Wildman–Crippen LogP) is -0.606. The lowest BCUT2D eigenvalue weighted by Gasteiger charge is -1.95. The van der Waals surface area contributed by atoms with Gasteiger partial charge >= 0.3 is 6.03 Å². The number of carbonyl (C=O) groups is 2. The van der Waals surface area contributed by atoms with E-state index in [1.165, 1.54) is 13.2 Å². The molecule has 0 spiro atoms. The molecular weight excluding hydrogens is 240 g/mol. The molecule has 1 aliphatic heterocycles. The van der Waals surface area contributed by atoms with Crippen molar-refractivity contribution in [1.82, 2.24) is 10.6 Å². The lowest BCUT2D eigenvalue weighted by atomic mass is 10.3. The number of nitrogens with one attached hydrogen (secondary N) is 2. The molecule has 0 aliphatic carbocycles. The molecule has 0 aromatic rings. The average molecular weight is 262 g/mol. The number of allylic oxidation sites excluding steroid dienone is 1. The fraction of sp³-hybridized carbons (Fsp3) is 0.636. The number of hydrogen-bond donors (Lipinski definition) is 4. The number of amides is 2. The van der Waals surface area contributed by atoms with Gasteiger partial charge in [0.25, 0.3) is 0 Å². The van der Waals surface area contributed by atoms with Crippen LogP contribution in [0.4, 0.5) is 4.79 Å². The standard InChI is InChI=1S/C6H10N2O2.C4H8O2.CH4O/c1-5(4-9)3-8-6(10)7-2;5-4-1-2-6-3-4;1-2/h3-4H,1-2H3,(H2,7,8,10);4-5H,1-3H2;2H,1H3/b5-3-;;. The van der Waals surface area contributed by atoms with Gasteiger partial charge in [-0.25, -0.2) is 4.79 Å². The van der Waals surface area contributed by atoms with Crippen LogP contribution in [0, 0.1) is 0 Å². The van der Waals surface area contributed by atoms with E-state index in [1.54, 1.807) is 6.92 Å². The van der Waals surface area contributed by atoms with Gasteiger partial charge in [-0.15, -0.1) is 0 Å². The number of urea groups is 1. The summed E-state index contributed by atoms with van der Waals surface area (Å²) in [6.45, 7) is 2.88. The molecule has 106 valence electrons. The number of ether oxygens (including phenoxy) is 1. The second-order valence-electron chi connectivity index (χ2n) is 3.25. The molecule has 1 unspecified atom stereocenters. The molecule has 1 heterocycles. The van der Waals surface area contributed by atoms with Crippen molar-refractivity contribution in [1.29, 1.82) is 0 Å². The van der Waals surface area contributed by atoms with Crippen LogP contribution in [0.25, 0.3) is 0 Å². The van der Waals surface area contributed by atoms with E-state index < -0.39 is 0 Å². The van der Waals surface area contributed by atoms with Gasteiger partial charge in [0.2, 0.25) is 0 Å². The Labute approximate surface area is 107 Å². The number of rotatable bonds is 2. The van der Waals surface area contributed by atoms with E-state index in [-0.39, 0.29) is 12.1 Å². The molecule has 2 amide bonds. The first-order chi connectivity index (χ1) is 8.60. The summed E-state index contributed by atoms with van der Waals surface area (Å²) in [6.07, 6.45) is 2.65. The van der Waals surface area contributed by atoms with Crippen LogP contribution in [-0.4, -0.2) is 56.0 Å². The summed E-state index contributed by atoms with van der Waals surface area (Å²) in [7, 11) is 2.50. The first-order valence-corrected chi connectivity index (χ1v) is 5.41. The molecule has 4 N–H and O–H groups in total. The fourth-order valence-electron chi connectivity index (χ4n) is 0.808. The van der Waals surface area contributed by atoms with E-state index in [2.05, 4.69) is 10.6 Å². The van der Waals surface area contributed by atoms with Gasteiger partial charge in [0.05, 0.1) is 12.7 Å². The van der Waals surface area contributed by atoms with Crippen LogP contribution in [-0.2, 0) is 9.53 Å². The van der Waals surface area contributed by atoms with Crippen molar-refractivity contribution in [2.45, 2.75) is 19.4 Å². The number of carbonyl (C=O) groups excluding carboxylic acids is 2. The molecule has 7 heteroatoms. The van der Waals surface area contributed by atoms with Crippen molar-refractivity contribution in [3.63, 3.8) is 0 Å². The SMILES string of the molecule is CNC(=O)N/C=C(/C)C=O.CO.OC1CCOC1. The molecule has 18 heavy (non-hydrogen) atoms. The van der Waals surface area contributed by atoms with E-state index >= 15 is 0 Å². The minimum Gasteiger partial charge on any atom is -0.400 e. The normalized spacial score (nSPS) is 17.6. The zero-order valence-corrected chi connectivity index (χ0v) is 11.0. The van der Waals surface area contributed by atoms with Crippen molar-refractivity contribution in [3.05, 3.63) is 11.8 Å². The Hall–Kier alpha value is -1.44. The van der Waals surface area contributed by atoms with Crippen molar-refractivity contribution < 1.29 is 24.5 Å². The third-order valence-electron chi connectivity index (χ3n) is 1.75. The van der Waals surface area contributed by atoms with Crippen LogP contribution < -0.4 is 10.6 Å². The third kappa shape index (κ3) is 12.6. The summed E-state index contributed by atoms with van der Waals surface area (Å²) in [6, 6.07) is -0.332. The highest BCUT2D eigenvalue weighted by Crippen LogP contribution is 2.00. The summed E-state index contributed by atoms with van der Waals surface area (Å²) in [5.41, 5.74) is 0.476. The Morgan fingerprint density at radius 3 is 2.33 bits per heavy atom. The highest BCUT2D eigenvalue weighted by atomic mass is 16.5. The predicted molar refractivity (Wildman–Crippen MR) is 67.0 cm³/mol. The molecule has 0 saturated carbocycles. The maximum atomic E-state index is 10.4. The summed E-state index contributed by atoms with van der Waals surface area (Å²) < 4.78 is 4.81. The van der Waals surface area contributed by atoms with E-state index in [9.17, 15) is 9.59 Å². The Morgan fingerprint density at radius 1 is 1.44 bits per heavy atom. The molecule has 0 aromatic heterocycles. The lowest BCUT2D eigenvalue weighted by molar-refractivity contribution is -0.104. The largest absolute Gasteiger partial charge is 0.400 e. The second-order valence-corrected chi connectivity index (χ2v) is 3.25. The maximum Gasteiger partial charge on any atom is 0.318 e. The summed E-state index contributed by atoms with van der Waals surface area (Å²) in [5.74, 6) is 0. The molecule has 0 aromatic carbocycles. The molecule has 1 fully saturated rings. The Balaban J connectivity index is 0. The van der Waals surface area contributed by atoms with E-state index in [1.807, 2.05) is 0 Å². The van der Waals surface area contributed by atoms with Crippen molar-refractivity contribution in [3.8, 4) is 0 Å². The van der Waals surface area contributed by atoms with Crippen LogP contribution >= 0.6 is 0 Å². The van der Waals surface area contributed by atoms with E-state index in [0.717, 1.165) is 20.1 Å². The summed E-state index contributed by atoms with van der Waals surface area (Å²) in [4.78, 5) is 20.4. The quantitative estimate of drug-likeness (QED) is 0.392. The Kier molecular flexibility index (Phi) is 14.3. The third-order valence-corrected chi connectivity index (χ3v) is 1.75. The fourth-order valence-corrected chi connectivity index (χ4v) is 0.808. The number of aliphatic hydroxyl groups excluding tert-OH is 2. The van der Waals surface area contributed by atoms with E-state index in [4.69, 9.17) is 14.9 Å². The van der Waals surface area contributed by atoms with Crippen molar-refractivity contribution >= 4 is 12.3 Å².